The molecule has 0 aliphatic heterocycles. The molecule has 0 spiro atoms. The first kappa shape index (κ1) is 26.0. The van der Waals surface area contributed by atoms with Gasteiger partial charge in [-0.2, -0.15) is 9.57 Å². The highest BCUT2D eigenvalue weighted by Gasteiger charge is 2.26. The average molecular weight is 471 g/mol. The molecule has 9 heteroatoms. The zero-order chi connectivity index (χ0) is 24.6. The van der Waals surface area contributed by atoms with Gasteiger partial charge in [-0.1, -0.05) is 45.9 Å². The van der Waals surface area contributed by atoms with Crippen LogP contribution in [0.25, 0.3) is 0 Å². The molecular weight excluding hydrogens is 440 g/mol. The van der Waals surface area contributed by atoms with Crippen LogP contribution in [0.1, 0.15) is 43.6 Å². The van der Waals surface area contributed by atoms with Crippen molar-refractivity contribution < 1.29 is 18.0 Å². The molecular formula is C24H30N4O4S. The second-order valence-corrected chi connectivity index (χ2v) is 9.77. The van der Waals surface area contributed by atoms with Gasteiger partial charge >= 0.3 is 0 Å². The zero-order valence-corrected chi connectivity index (χ0v) is 20.1. The van der Waals surface area contributed by atoms with Gasteiger partial charge < -0.3 is 10.6 Å². The summed E-state index contributed by atoms with van der Waals surface area (Å²) in [6.07, 6.45) is 0.280. The van der Waals surface area contributed by atoms with Crippen LogP contribution in [0.2, 0.25) is 0 Å². The van der Waals surface area contributed by atoms with Gasteiger partial charge in [-0.05, 0) is 41.8 Å². The van der Waals surface area contributed by atoms with Gasteiger partial charge in [0.1, 0.15) is 6.04 Å². The number of benzene rings is 2. The van der Waals surface area contributed by atoms with E-state index >= 15 is 0 Å². The lowest BCUT2D eigenvalue weighted by Crippen LogP contribution is -2.47. The molecule has 2 rings (SSSR count). The van der Waals surface area contributed by atoms with E-state index in [1.54, 1.807) is 38.1 Å². The highest BCUT2D eigenvalue weighted by molar-refractivity contribution is 7.89. The smallest absolute Gasteiger partial charge is 0.251 e. The van der Waals surface area contributed by atoms with E-state index in [2.05, 4.69) is 16.7 Å². The lowest BCUT2D eigenvalue weighted by molar-refractivity contribution is -0.118. The van der Waals surface area contributed by atoms with Gasteiger partial charge in [0, 0.05) is 24.3 Å². The van der Waals surface area contributed by atoms with Crippen molar-refractivity contribution in [2.75, 3.05) is 18.4 Å². The molecule has 0 saturated carbocycles. The predicted octanol–water partition coefficient (Wildman–Crippen LogP) is 3.18. The highest BCUT2D eigenvalue weighted by Crippen LogP contribution is 2.18. The first-order valence-corrected chi connectivity index (χ1v) is 12.3. The Morgan fingerprint density at radius 3 is 2.24 bits per heavy atom. The molecule has 0 saturated heterocycles. The molecule has 2 N–H and O–H groups in total. The van der Waals surface area contributed by atoms with Crippen molar-refractivity contribution in [1.29, 1.82) is 5.26 Å². The Kier molecular flexibility index (Phi) is 9.14. The molecule has 0 fully saturated rings. The monoisotopic (exact) mass is 470 g/mol. The molecule has 0 bridgehead atoms. The minimum absolute atomic E-state index is 0.0295. The number of nitrogens with one attached hydrogen (secondary N) is 2. The first-order chi connectivity index (χ1) is 15.6. The summed E-state index contributed by atoms with van der Waals surface area (Å²) < 4.78 is 26.9. The van der Waals surface area contributed by atoms with Gasteiger partial charge in [-0.15, -0.1) is 0 Å². The fraction of sp³-hybridized carbons (Fsp3) is 0.375. The summed E-state index contributed by atoms with van der Waals surface area (Å²) in [4.78, 5) is 25.8. The number of carbonyl (C=O) groups excluding carboxylic acids is 2. The van der Waals surface area contributed by atoms with E-state index in [0.29, 0.717) is 18.8 Å². The van der Waals surface area contributed by atoms with E-state index in [1.165, 1.54) is 28.6 Å². The number of sulfonamides is 1. The molecule has 0 aliphatic rings. The molecule has 2 amide bonds. The largest absolute Gasteiger partial charge is 0.340 e. The van der Waals surface area contributed by atoms with Crippen molar-refractivity contribution in [2.45, 2.75) is 45.1 Å². The van der Waals surface area contributed by atoms with E-state index in [1.807, 2.05) is 13.8 Å². The standard InChI is InChI=1S/C24H30N4O4S/c1-5-28(6-2)33(31,32)21-9-7-8-19(16-21)23(29)27-22(17(3)4)24(30)26-20-12-10-18(11-13-20)14-15-25/h7-13,16-17,22H,5-6,14H2,1-4H3,(H,26,30)(H,27,29). The zero-order valence-electron chi connectivity index (χ0n) is 19.3. The van der Waals surface area contributed by atoms with Crippen LogP contribution in [0.3, 0.4) is 0 Å². The minimum atomic E-state index is -3.71. The third kappa shape index (κ3) is 6.63. The number of hydrogen-bond donors (Lipinski definition) is 2. The molecule has 0 radical (unpaired) electrons. The number of rotatable bonds is 10. The fourth-order valence-electron chi connectivity index (χ4n) is 3.29. The molecule has 1 atom stereocenters. The van der Waals surface area contributed by atoms with Crippen LogP contribution < -0.4 is 10.6 Å². The topological polar surface area (TPSA) is 119 Å². The van der Waals surface area contributed by atoms with Crippen LogP contribution in [0.4, 0.5) is 5.69 Å². The van der Waals surface area contributed by atoms with Crippen LogP contribution in [0.15, 0.2) is 53.4 Å². The Morgan fingerprint density at radius 1 is 1.06 bits per heavy atom. The van der Waals surface area contributed by atoms with Crippen LogP contribution in [-0.2, 0) is 21.2 Å². The Balaban J connectivity index is 2.18. The maximum absolute atomic E-state index is 12.9. The van der Waals surface area contributed by atoms with Gasteiger partial charge in [0.25, 0.3) is 5.91 Å². The summed E-state index contributed by atoms with van der Waals surface area (Å²) in [5, 5.41) is 14.3. The lowest BCUT2D eigenvalue weighted by atomic mass is 10.0. The quantitative estimate of drug-likeness (QED) is 0.553. The lowest BCUT2D eigenvalue weighted by Gasteiger charge is -2.22. The van der Waals surface area contributed by atoms with Gasteiger partial charge in [-0.25, -0.2) is 8.42 Å². The SMILES string of the molecule is CCN(CC)S(=O)(=O)c1cccc(C(=O)NC(C(=O)Nc2ccc(CC#N)cc2)C(C)C)c1. The molecule has 0 aromatic heterocycles. The Bertz CT molecular complexity index is 1120. The van der Waals surface area contributed by atoms with Crippen molar-refractivity contribution in [3.8, 4) is 6.07 Å². The van der Waals surface area contributed by atoms with Crippen LogP contribution in [0, 0.1) is 17.2 Å². The Morgan fingerprint density at radius 2 is 1.70 bits per heavy atom. The molecule has 176 valence electrons. The molecule has 0 aliphatic carbocycles. The number of nitrogens with zero attached hydrogens (tertiary/aromatic N) is 2. The van der Waals surface area contributed by atoms with Crippen LogP contribution in [-0.4, -0.2) is 43.7 Å². The van der Waals surface area contributed by atoms with E-state index in [-0.39, 0.29) is 22.8 Å². The van der Waals surface area contributed by atoms with Gasteiger partial charge in [0.2, 0.25) is 15.9 Å². The second kappa shape index (κ2) is 11.6. The third-order valence-corrected chi connectivity index (χ3v) is 7.23. The van der Waals surface area contributed by atoms with E-state index < -0.39 is 27.9 Å². The van der Waals surface area contributed by atoms with Crippen molar-refractivity contribution in [1.82, 2.24) is 9.62 Å². The Hall–Kier alpha value is -3.22. The maximum Gasteiger partial charge on any atom is 0.251 e. The molecule has 2 aromatic rings. The van der Waals surface area contributed by atoms with Gasteiger partial charge in [0.15, 0.2) is 0 Å². The summed E-state index contributed by atoms with van der Waals surface area (Å²) in [6, 6.07) is 13.9. The summed E-state index contributed by atoms with van der Waals surface area (Å²) in [5.74, 6) is -1.14. The molecule has 1 unspecified atom stereocenters. The molecule has 2 aromatic carbocycles. The van der Waals surface area contributed by atoms with Crippen LogP contribution in [0.5, 0.6) is 0 Å². The molecule has 0 heterocycles. The van der Waals surface area contributed by atoms with E-state index in [0.717, 1.165) is 5.56 Å². The normalized spacial score (nSPS) is 12.3. The van der Waals surface area contributed by atoms with Gasteiger partial charge in [-0.3, -0.25) is 9.59 Å². The first-order valence-electron chi connectivity index (χ1n) is 10.8. The van der Waals surface area contributed by atoms with Crippen LogP contribution >= 0.6 is 0 Å². The van der Waals surface area contributed by atoms with Crippen molar-refractivity contribution in [3.63, 3.8) is 0 Å². The number of carbonyl (C=O) groups is 2. The summed E-state index contributed by atoms with van der Waals surface area (Å²) >= 11 is 0. The summed E-state index contributed by atoms with van der Waals surface area (Å²) in [5.41, 5.74) is 1.54. The van der Waals surface area contributed by atoms with Gasteiger partial charge in [0.05, 0.1) is 17.4 Å². The van der Waals surface area contributed by atoms with E-state index in [4.69, 9.17) is 5.26 Å². The number of anilines is 1. The summed E-state index contributed by atoms with van der Waals surface area (Å²) in [7, 11) is -3.71. The number of hydrogen-bond acceptors (Lipinski definition) is 5. The number of amides is 2. The number of nitriles is 1. The molecule has 33 heavy (non-hydrogen) atoms. The predicted molar refractivity (Wildman–Crippen MR) is 127 cm³/mol. The Labute approximate surface area is 195 Å². The van der Waals surface area contributed by atoms with Crippen molar-refractivity contribution in [3.05, 3.63) is 59.7 Å². The fourth-order valence-corrected chi connectivity index (χ4v) is 4.79. The third-order valence-electron chi connectivity index (χ3n) is 5.18. The highest BCUT2D eigenvalue weighted by atomic mass is 32.2. The maximum atomic E-state index is 12.9. The van der Waals surface area contributed by atoms with Crippen molar-refractivity contribution >= 4 is 27.5 Å². The van der Waals surface area contributed by atoms with Crippen molar-refractivity contribution in [2.24, 2.45) is 5.92 Å². The second-order valence-electron chi connectivity index (χ2n) is 7.83. The minimum Gasteiger partial charge on any atom is -0.340 e. The van der Waals surface area contributed by atoms with E-state index in [9.17, 15) is 18.0 Å². The molecule has 8 nitrogen and oxygen atoms in total. The average Bonchev–Trinajstić information content (AvgIpc) is 2.79. The summed E-state index contributed by atoms with van der Waals surface area (Å²) in [6.45, 7) is 7.76.